The van der Waals surface area contributed by atoms with Crippen LogP contribution in [0.4, 0.5) is 0 Å². The number of sulfone groups is 2. The van der Waals surface area contributed by atoms with Crippen molar-refractivity contribution in [1.29, 1.82) is 0 Å². The topological polar surface area (TPSA) is 68.3 Å². The molecule has 2 rings (SSSR count). The Morgan fingerprint density at radius 3 is 1.14 bits per heavy atom. The van der Waals surface area contributed by atoms with Gasteiger partial charge in [0.15, 0.2) is 19.7 Å². The molecule has 0 fully saturated rings. The van der Waals surface area contributed by atoms with Gasteiger partial charge in [-0.3, -0.25) is 0 Å². The molecule has 0 amide bonds. The molecule has 2 aromatic rings. The Bertz CT molecular complexity index is 772. The van der Waals surface area contributed by atoms with E-state index in [4.69, 9.17) is 0 Å². The lowest BCUT2D eigenvalue weighted by Crippen LogP contribution is -2.17. The molecular weight excluding hydrogens is 320 g/mol. The molecule has 0 aliphatic rings. The molecule has 0 saturated carbocycles. The second kappa shape index (κ2) is 6.22. The highest BCUT2D eigenvalue weighted by Crippen LogP contribution is 2.16. The zero-order valence-electron chi connectivity index (χ0n) is 12.5. The van der Waals surface area contributed by atoms with E-state index >= 15 is 0 Å². The molecule has 0 unspecified atom stereocenters. The number of hydrogen-bond acceptors (Lipinski definition) is 4. The van der Waals surface area contributed by atoms with Crippen molar-refractivity contribution in [3.8, 4) is 0 Å². The summed E-state index contributed by atoms with van der Waals surface area (Å²) < 4.78 is 48.8. The van der Waals surface area contributed by atoms with Gasteiger partial charge in [-0.15, -0.1) is 0 Å². The van der Waals surface area contributed by atoms with Crippen molar-refractivity contribution in [3.05, 3.63) is 59.7 Å². The average Bonchev–Trinajstić information content (AvgIpc) is 2.46. The van der Waals surface area contributed by atoms with Crippen LogP contribution < -0.4 is 0 Å². The van der Waals surface area contributed by atoms with Crippen molar-refractivity contribution < 1.29 is 16.8 Å². The Hall–Kier alpha value is -1.66. The summed E-state index contributed by atoms with van der Waals surface area (Å²) in [6.07, 6.45) is 0. The van der Waals surface area contributed by atoms with Gasteiger partial charge in [0, 0.05) is 0 Å². The van der Waals surface area contributed by atoms with Crippen molar-refractivity contribution in [1.82, 2.24) is 0 Å². The first-order valence-corrected chi connectivity index (χ1v) is 10.1. The Morgan fingerprint density at radius 2 is 0.864 bits per heavy atom. The van der Waals surface area contributed by atoms with Gasteiger partial charge < -0.3 is 0 Å². The summed E-state index contributed by atoms with van der Waals surface area (Å²) in [6.45, 7) is 3.72. The highest BCUT2D eigenvalue weighted by molar-refractivity contribution is 7.95. The second-order valence-electron chi connectivity index (χ2n) is 5.26. The summed E-state index contributed by atoms with van der Waals surface area (Å²) in [7, 11) is -7.21. The fourth-order valence-corrected chi connectivity index (χ4v) is 5.27. The molecule has 2 aromatic carbocycles. The first kappa shape index (κ1) is 16.7. The predicted octanol–water partition coefficient (Wildman–Crippen LogP) is 2.55. The molecule has 22 heavy (non-hydrogen) atoms. The second-order valence-corrected chi connectivity index (χ2v) is 9.48. The summed E-state index contributed by atoms with van der Waals surface area (Å²) in [5.41, 5.74) is 1.90. The van der Waals surface area contributed by atoms with Gasteiger partial charge in [0.2, 0.25) is 0 Å². The Kier molecular flexibility index (Phi) is 4.72. The van der Waals surface area contributed by atoms with Gasteiger partial charge >= 0.3 is 0 Å². The average molecular weight is 338 g/mol. The molecule has 0 heterocycles. The maximum Gasteiger partial charge on any atom is 0.179 e. The standard InChI is InChI=1S/C16H18O4S2/c1-13-3-7-15(8-4-13)21(17,18)11-12-22(19,20)16-9-5-14(2)6-10-16/h3-10H,11-12H2,1-2H3. The van der Waals surface area contributed by atoms with Crippen molar-refractivity contribution in [2.45, 2.75) is 23.6 Å². The summed E-state index contributed by atoms with van der Waals surface area (Å²) in [6, 6.07) is 12.8. The lowest BCUT2D eigenvalue weighted by Gasteiger charge is -2.07. The molecule has 0 aromatic heterocycles. The minimum Gasteiger partial charge on any atom is -0.224 e. The summed E-state index contributed by atoms with van der Waals surface area (Å²) in [5.74, 6) is -0.849. The molecular formula is C16H18O4S2. The van der Waals surface area contributed by atoms with Gasteiger partial charge in [-0.25, -0.2) is 16.8 Å². The molecule has 118 valence electrons. The smallest absolute Gasteiger partial charge is 0.179 e. The van der Waals surface area contributed by atoms with Crippen molar-refractivity contribution >= 4 is 19.7 Å². The normalized spacial score (nSPS) is 12.3. The highest BCUT2D eigenvalue weighted by Gasteiger charge is 2.21. The van der Waals surface area contributed by atoms with Crippen LogP contribution in [0.5, 0.6) is 0 Å². The van der Waals surface area contributed by atoms with Gasteiger partial charge in [-0.2, -0.15) is 0 Å². The minimum absolute atomic E-state index is 0.150. The lowest BCUT2D eigenvalue weighted by molar-refractivity contribution is 0.587. The van der Waals surface area contributed by atoms with Gasteiger partial charge in [-0.1, -0.05) is 35.4 Å². The molecule has 6 heteroatoms. The predicted molar refractivity (Wildman–Crippen MR) is 86.5 cm³/mol. The molecule has 0 saturated heterocycles. The third-order valence-electron chi connectivity index (χ3n) is 3.38. The van der Waals surface area contributed by atoms with Crippen LogP contribution in [0.25, 0.3) is 0 Å². The molecule has 0 radical (unpaired) electrons. The summed E-state index contributed by atoms with van der Waals surface area (Å²) >= 11 is 0. The first-order valence-electron chi connectivity index (χ1n) is 6.79. The monoisotopic (exact) mass is 338 g/mol. The van der Waals surface area contributed by atoms with Gasteiger partial charge in [0.25, 0.3) is 0 Å². The van der Waals surface area contributed by atoms with Crippen LogP contribution in [0.2, 0.25) is 0 Å². The zero-order chi connectivity index (χ0) is 16.4. The molecule has 0 aliphatic heterocycles. The van der Waals surface area contributed by atoms with E-state index in [0.717, 1.165) is 11.1 Å². The van der Waals surface area contributed by atoms with E-state index in [-0.39, 0.29) is 9.79 Å². The fraction of sp³-hybridized carbons (Fsp3) is 0.250. The van der Waals surface area contributed by atoms with Crippen LogP contribution >= 0.6 is 0 Å². The van der Waals surface area contributed by atoms with E-state index in [1.165, 1.54) is 24.3 Å². The lowest BCUT2D eigenvalue weighted by atomic mass is 10.2. The van der Waals surface area contributed by atoms with Crippen molar-refractivity contribution in [3.63, 3.8) is 0 Å². The van der Waals surface area contributed by atoms with Crippen LogP contribution in [0.15, 0.2) is 58.3 Å². The van der Waals surface area contributed by atoms with E-state index in [1.807, 2.05) is 13.8 Å². The van der Waals surface area contributed by atoms with E-state index in [9.17, 15) is 16.8 Å². The van der Waals surface area contributed by atoms with Gasteiger partial charge in [0.1, 0.15) is 0 Å². The number of aryl methyl sites for hydroxylation is 2. The van der Waals surface area contributed by atoms with Crippen molar-refractivity contribution in [2.24, 2.45) is 0 Å². The van der Waals surface area contributed by atoms with Crippen LogP contribution in [0, 0.1) is 13.8 Å². The Labute approximate surface area is 131 Å². The van der Waals surface area contributed by atoms with Crippen LogP contribution in [-0.2, 0) is 19.7 Å². The van der Waals surface area contributed by atoms with Crippen LogP contribution in [0.3, 0.4) is 0 Å². The number of benzene rings is 2. The molecule has 0 bridgehead atoms. The maximum absolute atomic E-state index is 12.2. The summed E-state index contributed by atoms with van der Waals surface area (Å²) in [5, 5.41) is 0. The van der Waals surface area contributed by atoms with Gasteiger partial charge in [0.05, 0.1) is 21.3 Å². The van der Waals surface area contributed by atoms with E-state index in [1.54, 1.807) is 24.3 Å². The van der Waals surface area contributed by atoms with E-state index in [0.29, 0.717) is 0 Å². The molecule has 0 aliphatic carbocycles. The van der Waals surface area contributed by atoms with Gasteiger partial charge in [-0.05, 0) is 38.1 Å². The third-order valence-corrected chi connectivity index (χ3v) is 7.10. The Balaban J connectivity index is 2.17. The first-order chi connectivity index (χ1) is 10.2. The quantitative estimate of drug-likeness (QED) is 0.840. The van der Waals surface area contributed by atoms with E-state index in [2.05, 4.69) is 0 Å². The van der Waals surface area contributed by atoms with Crippen LogP contribution in [-0.4, -0.2) is 28.3 Å². The minimum atomic E-state index is -3.61. The molecule has 0 spiro atoms. The number of hydrogen-bond donors (Lipinski definition) is 0. The summed E-state index contributed by atoms with van der Waals surface area (Å²) in [4.78, 5) is 0.300. The molecule has 0 N–H and O–H groups in total. The Morgan fingerprint density at radius 1 is 0.591 bits per heavy atom. The largest absolute Gasteiger partial charge is 0.224 e. The SMILES string of the molecule is Cc1ccc(S(=O)(=O)CCS(=O)(=O)c2ccc(C)cc2)cc1. The van der Waals surface area contributed by atoms with Crippen LogP contribution in [0.1, 0.15) is 11.1 Å². The fourth-order valence-electron chi connectivity index (χ4n) is 1.95. The molecule has 0 atom stereocenters. The van der Waals surface area contributed by atoms with E-state index < -0.39 is 31.2 Å². The number of rotatable bonds is 5. The highest BCUT2D eigenvalue weighted by atomic mass is 32.2. The zero-order valence-corrected chi connectivity index (χ0v) is 14.1. The maximum atomic E-state index is 12.2. The molecule has 4 nitrogen and oxygen atoms in total. The third kappa shape index (κ3) is 3.96. The van der Waals surface area contributed by atoms with Crippen molar-refractivity contribution in [2.75, 3.05) is 11.5 Å².